The summed E-state index contributed by atoms with van der Waals surface area (Å²) in [6, 6.07) is 9.34. The third-order valence-electron chi connectivity index (χ3n) is 2.29. The van der Waals surface area contributed by atoms with E-state index < -0.39 is 12.1 Å². The number of hydrogen-bond donors (Lipinski definition) is 1. The van der Waals surface area contributed by atoms with E-state index in [1.54, 1.807) is 6.92 Å². The van der Waals surface area contributed by atoms with Gasteiger partial charge in [-0.3, -0.25) is 0 Å². The van der Waals surface area contributed by atoms with E-state index in [-0.39, 0.29) is 5.76 Å². The molecule has 0 radical (unpaired) electrons. The summed E-state index contributed by atoms with van der Waals surface area (Å²) in [5.74, 6) is -0.907. The van der Waals surface area contributed by atoms with Crippen molar-refractivity contribution in [1.82, 2.24) is 0 Å². The van der Waals surface area contributed by atoms with Crippen molar-refractivity contribution in [1.29, 1.82) is 0 Å². The highest BCUT2D eigenvalue weighted by atomic mass is 16.6. The fraction of sp³-hybridized carbons (Fsp3) is 0.182. The Balaban J connectivity index is 2.36. The molecule has 1 heterocycles. The Morgan fingerprint density at radius 3 is 2.43 bits per heavy atom. The lowest BCUT2D eigenvalue weighted by Gasteiger charge is -2.10. The molecule has 0 unspecified atom stereocenters. The number of ether oxygens (including phenoxy) is 1. The van der Waals surface area contributed by atoms with E-state index in [9.17, 15) is 9.90 Å². The number of esters is 1. The molecule has 0 fully saturated rings. The van der Waals surface area contributed by atoms with Gasteiger partial charge in [0.15, 0.2) is 6.10 Å². The number of aliphatic hydroxyl groups is 1. The van der Waals surface area contributed by atoms with E-state index in [0.717, 1.165) is 5.56 Å². The third kappa shape index (κ3) is 1.27. The normalized spacial score (nSPS) is 21.2. The number of rotatable bonds is 1. The Morgan fingerprint density at radius 1 is 1.29 bits per heavy atom. The molecule has 1 atom stereocenters. The molecule has 0 bridgehead atoms. The number of hydrogen-bond acceptors (Lipinski definition) is 3. The van der Waals surface area contributed by atoms with Gasteiger partial charge in [-0.05, 0) is 12.5 Å². The summed E-state index contributed by atoms with van der Waals surface area (Å²) in [5, 5.41) is 9.30. The van der Waals surface area contributed by atoms with Crippen LogP contribution in [0.4, 0.5) is 0 Å². The quantitative estimate of drug-likeness (QED) is 0.690. The Kier molecular flexibility index (Phi) is 2.00. The van der Waals surface area contributed by atoms with Crippen molar-refractivity contribution in [3.8, 4) is 0 Å². The Hall–Kier alpha value is -1.77. The minimum absolute atomic E-state index is 0.265. The second-order valence-electron chi connectivity index (χ2n) is 3.23. The van der Waals surface area contributed by atoms with Crippen LogP contribution in [0.5, 0.6) is 0 Å². The van der Waals surface area contributed by atoms with Crippen LogP contribution < -0.4 is 0 Å². The zero-order valence-corrected chi connectivity index (χ0v) is 7.73. The Bertz CT molecular complexity index is 392. The molecule has 0 aromatic heterocycles. The summed E-state index contributed by atoms with van der Waals surface area (Å²) in [4.78, 5) is 11.0. The van der Waals surface area contributed by atoms with Crippen LogP contribution in [0.2, 0.25) is 0 Å². The lowest BCUT2D eigenvalue weighted by Crippen LogP contribution is -2.02. The molecule has 0 aliphatic carbocycles. The van der Waals surface area contributed by atoms with Gasteiger partial charge in [0.25, 0.3) is 0 Å². The van der Waals surface area contributed by atoms with Crippen molar-refractivity contribution in [3.63, 3.8) is 0 Å². The maximum absolute atomic E-state index is 11.0. The van der Waals surface area contributed by atoms with E-state index in [1.165, 1.54) is 0 Å². The second kappa shape index (κ2) is 3.18. The highest BCUT2D eigenvalue weighted by Gasteiger charge is 2.31. The first-order chi connectivity index (χ1) is 6.70. The van der Waals surface area contributed by atoms with Crippen LogP contribution in [0.25, 0.3) is 0 Å². The summed E-state index contributed by atoms with van der Waals surface area (Å²) in [5.41, 5.74) is 1.45. The number of benzene rings is 1. The van der Waals surface area contributed by atoms with Crippen LogP contribution in [0, 0.1) is 0 Å². The zero-order valence-electron chi connectivity index (χ0n) is 7.73. The van der Waals surface area contributed by atoms with Gasteiger partial charge < -0.3 is 9.84 Å². The van der Waals surface area contributed by atoms with E-state index in [2.05, 4.69) is 0 Å². The van der Waals surface area contributed by atoms with Crippen molar-refractivity contribution in [3.05, 3.63) is 47.2 Å². The minimum Gasteiger partial charge on any atom is -0.502 e. The monoisotopic (exact) mass is 190 g/mol. The standard InChI is InChI=1S/C11H10O3/c1-7-9(12)11(13)14-10(7)8-5-3-2-4-6-8/h2-6,10,12H,1H3/t10-/m1/s1. The van der Waals surface area contributed by atoms with Gasteiger partial charge in [0.1, 0.15) is 0 Å². The van der Waals surface area contributed by atoms with Gasteiger partial charge in [-0.1, -0.05) is 30.3 Å². The maximum Gasteiger partial charge on any atom is 0.374 e. The molecule has 3 heteroatoms. The third-order valence-corrected chi connectivity index (χ3v) is 2.29. The SMILES string of the molecule is CC1=C(O)C(=O)O[C@H]1c1ccccc1. The van der Waals surface area contributed by atoms with Crippen LogP contribution in [-0.2, 0) is 9.53 Å². The largest absolute Gasteiger partial charge is 0.502 e. The average Bonchev–Trinajstić information content (AvgIpc) is 2.47. The number of carbonyl (C=O) groups is 1. The molecule has 3 nitrogen and oxygen atoms in total. The van der Waals surface area contributed by atoms with E-state index >= 15 is 0 Å². The van der Waals surface area contributed by atoms with Crippen molar-refractivity contribution in [2.45, 2.75) is 13.0 Å². The molecule has 1 aliphatic rings. The van der Waals surface area contributed by atoms with Gasteiger partial charge in [0.2, 0.25) is 5.76 Å². The number of aliphatic hydroxyl groups excluding tert-OH is 1. The average molecular weight is 190 g/mol. The first kappa shape index (κ1) is 8.81. The number of cyclic esters (lactones) is 1. The molecule has 2 rings (SSSR count). The van der Waals surface area contributed by atoms with Crippen LogP contribution in [-0.4, -0.2) is 11.1 Å². The molecule has 0 spiro atoms. The predicted molar refractivity (Wildman–Crippen MR) is 50.6 cm³/mol. The first-order valence-electron chi connectivity index (χ1n) is 4.36. The molecular formula is C11H10O3. The minimum atomic E-state index is -0.642. The molecular weight excluding hydrogens is 180 g/mol. The van der Waals surface area contributed by atoms with Gasteiger partial charge in [-0.15, -0.1) is 0 Å². The highest BCUT2D eigenvalue weighted by Crippen LogP contribution is 2.33. The molecule has 1 aliphatic heterocycles. The number of carbonyl (C=O) groups excluding carboxylic acids is 1. The summed E-state index contributed by atoms with van der Waals surface area (Å²) in [7, 11) is 0. The lowest BCUT2D eigenvalue weighted by atomic mass is 10.0. The predicted octanol–water partition coefficient (Wildman–Crippen LogP) is 2.12. The van der Waals surface area contributed by atoms with E-state index in [4.69, 9.17) is 4.74 Å². The molecule has 14 heavy (non-hydrogen) atoms. The summed E-state index contributed by atoms with van der Waals surface area (Å²) >= 11 is 0. The van der Waals surface area contributed by atoms with Crippen LogP contribution in [0.1, 0.15) is 18.6 Å². The molecule has 1 aromatic rings. The summed E-state index contributed by atoms with van der Waals surface area (Å²) in [6.45, 7) is 1.69. The van der Waals surface area contributed by atoms with Crippen molar-refractivity contribution < 1.29 is 14.6 Å². The molecule has 0 amide bonds. The lowest BCUT2D eigenvalue weighted by molar-refractivity contribution is -0.142. The topological polar surface area (TPSA) is 46.5 Å². The van der Waals surface area contributed by atoms with Crippen molar-refractivity contribution in [2.75, 3.05) is 0 Å². The van der Waals surface area contributed by atoms with Crippen LogP contribution >= 0.6 is 0 Å². The molecule has 1 N–H and O–H groups in total. The second-order valence-corrected chi connectivity index (χ2v) is 3.23. The fourth-order valence-electron chi connectivity index (χ4n) is 1.48. The van der Waals surface area contributed by atoms with Gasteiger partial charge >= 0.3 is 5.97 Å². The van der Waals surface area contributed by atoms with E-state index in [0.29, 0.717) is 5.57 Å². The molecule has 0 saturated heterocycles. The summed E-state index contributed by atoms with van der Waals surface area (Å²) in [6.07, 6.45) is -0.427. The highest BCUT2D eigenvalue weighted by molar-refractivity contribution is 5.89. The summed E-state index contributed by atoms with van der Waals surface area (Å²) < 4.78 is 5.01. The molecule has 0 saturated carbocycles. The maximum atomic E-state index is 11.0. The van der Waals surface area contributed by atoms with Crippen LogP contribution in [0.3, 0.4) is 0 Å². The smallest absolute Gasteiger partial charge is 0.374 e. The van der Waals surface area contributed by atoms with Crippen molar-refractivity contribution >= 4 is 5.97 Å². The Morgan fingerprint density at radius 2 is 1.93 bits per heavy atom. The van der Waals surface area contributed by atoms with Gasteiger partial charge in [-0.25, -0.2) is 4.79 Å². The first-order valence-corrected chi connectivity index (χ1v) is 4.36. The molecule has 72 valence electrons. The van der Waals surface area contributed by atoms with Gasteiger partial charge in [0.05, 0.1) is 0 Å². The van der Waals surface area contributed by atoms with Gasteiger partial charge in [0, 0.05) is 5.57 Å². The Labute approximate surface area is 81.6 Å². The fourth-order valence-corrected chi connectivity index (χ4v) is 1.48. The zero-order chi connectivity index (χ0) is 10.1. The van der Waals surface area contributed by atoms with Crippen molar-refractivity contribution in [2.24, 2.45) is 0 Å². The van der Waals surface area contributed by atoms with Gasteiger partial charge in [-0.2, -0.15) is 0 Å². The van der Waals surface area contributed by atoms with E-state index in [1.807, 2.05) is 30.3 Å². The molecule has 1 aromatic carbocycles. The van der Waals surface area contributed by atoms with Crippen LogP contribution in [0.15, 0.2) is 41.7 Å².